The number of halogens is 2. The largest absolute Gasteiger partial charge is 0.352 e. The van der Waals surface area contributed by atoms with E-state index in [1.54, 1.807) is 0 Å². The van der Waals surface area contributed by atoms with Gasteiger partial charge in [0.2, 0.25) is 5.91 Å². The normalized spacial score (nSPS) is 12.2. The van der Waals surface area contributed by atoms with Crippen molar-refractivity contribution in [3.63, 3.8) is 0 Å². The van der Waals surface area contributed by atoms with Gasteiger partial charge in [-0.1, -0.05) is 13.0 Å². The average molecular weight is 270 g/mol. The molecule has 0 saturated heterocycles. The van der Waals surface area contributed by atoms with Crippen LogP contribution in [0.4, 0.5) is 8.78 Å². The minimum Gasteiger partial charge on any atom is -0.352 e. The molecular weight excluding hydrogens is 250 g/mol. The number of amides is 1. The standard InChI is InChI=1S/C14H20F2N2O/c1-10(6-7-17)2-5-14(19)18-9-11-3-4-12(15)13(16)8-11/h3-4,8,10H,2,5-7,9,17H2,1H3,(H,18,19). The number of carbonyl (C=O) groups is 1. The maximum absolute atomic E-state index is 12.9. The summed E-state index contributed by atoms with van der Waals surface area (Å²) in [6, 6.07) is 3.60. The molecule has 1 aromatic carbocycles. The van der Waals surface area contributed by atoms with E-state index in [-0.39, 0.29) is 12.5 Å². The maximum atomic E-state index is 12.9. The van der Waals surface area contributed by atoms with Crippen molar-refractivity contribution >= 4 is 5.91 Å². The number of nitrogens with one attached hydrogen (secondary N) is 1. The van der Waals surface area contributed by atoms with Gasteiger partial charge < -0.3 is 11.1 Å². The van der Waals surface area contributed by atoms with E-state index < -0.39 is 11.6 Å². The molecule has 19 heavy (non-hydrogen) atoms. The van der Waals surface area contributed by atoms with Crippen LogP contribution in [0.25, 0.3) is 0 Å². The summed E-state index contributed by atoms with van der Waals surface area (Å²) in [5.74, 6) is -1.46. The monoisotopic (exact) mass is 270 g/mol. The van der Waals surface area contributed by atoms with E-state index in [1.807, 2.05) is 0 Å². The molecule has 0 saturated carbocycles. The third-order valence-electron chi connectivity index (χ3n) is 3.00. The van der Waals surface area contributed by atoms with Crippen molar-refractivity contribution in [3.05, 3.63) is 35.4 Å². The molecule has 0 aliphatic rings. The first-order chi connectivity index (χ1) is 9.02. The van der Waals surface area contributed by atoms with Crippen molar-refractivity contribution in [2.45, 2.75) is 32.7 Å². The summed E-state index contributed by atoms with van der Waals surface area (Å²) in [4.78, 5) is 11.6. The number of carbonyl (C=O) groups excluding carboxylic acids is 1. The predicted octanol–water partition coefficient (Wildman–Crippen LogP) is 2.35. The van der Waals surface area contributed by atoms with E-state index in [9.17, 15) is 13.6 Å². The van der Waals surface area contributed by atoms with Gasteiger partial charge in [-0.3, -0.25) is 4.79 Å². The smallest absolute Gasteiger partial charge is 0.220 e. The van der Waals surface area contributed by atoms with Gasteiger partial charge in [-0.2, -0.15) is 0 Å². The molecule has 0 radical (unpaired) electrons. The third-order valence-corrected chi connectivity index (χ3v) is 3.00. The van der Waals surface area contributed by atoms with E-state index >= 15 is 0 Å². The van der Waals surface area contributed by atoms with Gasteiger partial charge in [0.05, 0.1) is 0 Å². The van der Waals surface area contributed by atoms with Crippen LogP contribution in [-0.4, -0.2) is 12.5 Å². The molecule has 3 N–H and O–H groups in total. The molecule has 0 fully saturated rings. The molecule has 3 nitrogen and oxygen atoms in total. The van der Waals surface area contributed by atoms with Crippen LogP contribution in [0.3, 0.4) is 0 Å². The van der Waals surface area contributed by atoms with Crippen LogP contribution in [0.5, 0.6) is 0 Å². The van der Waals surface area contributed by atoms with Crippen molar-refractivity contribution < 1.29 is 13.6 Å². The Kier molecular flexibility index (Phi) is 6.42. The van der Waals surface area contributed by atoms with Crippen molar-refractivity contribution in [3.8, 4) is 0 Å². The SMILES string of the molecule is CC(CCN)CCC(=O)NCc1ccc(F)c(F)c1. The van der Waals surface area contributed by atoms with Gasteiger partial charge in [-0.25, -0.2) is 8.78 Å². The Hall–Kier alpha value is -1.49. The van der Waals surface area contributed by atoms with E-state index in [2.05, 4.69) is 12.2 Å². The van der Waals surface area contributed by atoms with Crippen LogP contribution in [-0.2, 0) is 11.3 Å². The van der Waals surface area contributed by atoms with Crippen molar-refractivity contribution in [1.29, 1.82) is 0 Å². The zero-order chi connectivity index (χ0) is 14.3. The number of hydrogen-bond donors (Lipinski definition) is 2. The van der Waals surface area contributed by atoms with Gasteiger partial charge in [-0.05, 0) is 43.0 Å². The summed E-state index contributed by atoms with van der Waals surface area (Å²) >= 11 is 0. The van der Waals surface area contributed by atoms with E-state index in [0.29, 0.717) is 24.4 Å². The Morgan fingerprint density at radius 3 is 2.68 bits per heavy atom. The highest BCUT2D eigenvalue weighted by molar-refractivity contribution is 5.75. The minimum atomic E-state index is -0.900. The lowest BCUT2D eigenvalue weighted by Crippen LogP contribution is -2.23. The number of rotatable bonds is 7. The molecule has 1 rings (SSSR count). The fraction of sp³-hybridized carbons (Fsp3) is 0.500. The Labute approximate surface area is 112 Å². The fourth-order valence-corrected chi connectivity index (χ4v) is 1.74. The van der Waals surface area contributed by atoms with E-state index in [4.69, 9.17) is 5.73 Å². The summed E-state index contributed by atoms with van der Waals surface area (Å²) in [5, 5.41) is 2.68. The second-order valence-electron chi connectivity index (χ2n) is 4.75. The molecule has 0 aliphatic carbocycles. The molecule has 0 heterocycles. The van der Waals surface area contributed by atoms with Crippen LogP contribution in [0.2, 0.25) is 0 Å². The van der Waals surface area contributed by atoms with Crippen LogP contribution in [0.15, 0.2) is 18.2 Å². The molecule has 5 heteroatoms. The van der Waals surface area contributed by atoms with Crippen LogP contribution >= 0.6 is 0 Å². The highest BCUT2D eigenvalue weighted by Crippen LogP contribution is 2.10. The van der Waals surface area contributed by atoms with Crippen molar-refractivity contribution in [2.24, 2.45) is 11.7 Å². The Morgan fingerprint density at radius 2 is 2.05 bits per heavy atom. The molecule has 106 valence electrons. The van der Waals surface area contributed by atoms with Gasteiger partial charge in [0.1, 0.15) is 0 Å². The Balaban J connectivity index is 2.31. The first-order valence-electron chi connectivity index (χ1n) is 6.43. The molecular formula is C14H20F2N2O. The molecule has 0 spiro atoms. The molecule has 0 bridgehead atoms. The van der Waals surface area contributed by atoms with Gasteiger partial charge in [0, 0.05) is 13.0 Å². The topological polar surface area (TPSA) is 55.1 Å². The zero-order valence-electron chi connectivity index (χ0n) is 11.1. The fourth-order valence-electron chi connectivity index (χ4n) is 1.74. The van der Waals surface area contributed by atoms with Crippen LogP contribution in [0, 0.1) is 17.6 Å². The molecule has 1 unspecified atom stereocenters. The molecule has 1 aromatic rings. The van der Waals surface area contributed by atoms with Crippen LogP contribution < -0.4 is 11.1 Å². The number of benzene rings is 1. The predicted molar refractivity (Wildman–Crippen MR) is 70.3 cm³/mol. The summed E-state index contributed by atoms with van der Waals surface area (Å²) in [6.45, 7) is 2.88. The Bertz CT molecular complexity index is 424. The lowest BCUT2D eigenvalue weighted by Gasteiger charge is -2.10. The highest BCUT2D eigenvalue weighted by Gasteiger charge is 2.07. The second kappa shape index (κ2) is 7.84. The van der Waals surface area contributed by atoms with Gasteiger partial charge in [0.15, 0.2) is 11.6 Å². The molecule has 1 atom stereocenters. The van der Waals surface area contributed by atoms with E-state index in [1.165, 1.54) is 6.07 Å². The summed E-state index contributed by atoms with van der Waals surface area (Å²) in [7, 11) is 0. The van der Waals surface area contributed by atoms with Gasteiger partial charge >= 0.3 is 0 Å². The maximum Gasteiger partial charge on any atom is 0.220 e. The van der Waals surface area contributed by atoms with Gasteiger partial charge in [-0.15, -0.1) is 0 Å². The minimum absolute atomic E-state index is 0.0893. The van der Waals surface area contributed by atoms with E-state index in [0.717, 1.165) is 25.0 Å². The quantitative estimate of drug-likeness (QED) is 0.799. The molecule has 0 aromatic heterocycles. The molecule has 1 amide bonds. The number of nitrogens with two attached hydrogens (primary N) is 1. The van der Waals surface area contributed by atoms with Crippen molar-refractivity contribution in [1.82, 2.24) is 5.32 Å². The van der Waals surface area contributed by atoms with Gasteiger partial charge in [0.25, 0.3) is 0 Å². The average Bonchev–Trinajstić information content (AvgIpc) is 2.38. The summed E-state index contributed by atoms with van der Waals surface area (Å²) in [5.41, 5.74) is 5.97. The first-order valence-corrected chi connectivity index (χ1v) is 6.43. The third kappa shape index (κ3) is 5.79. The second-order valence-corrected chi connectivity index (χ2v) is 4.75. The van der Waals surface area contributed by atoms with Crippen molar-refractivity contribution in [2.75, 3.05) is 6.54 Å². The number of hydrogen-bond acceptors (Lipinski definition) is 2. The molecule has 0 aliphatic heterocycles. The zero-order valence-corrected chi connectivity index (χ0v) is 11.1. The van der Waals surface area contributed by atoms with Crippen LogP contribution in [0.1, 0.15) is 31.7 Å². The lowest BCUT2D eigenvalue weighted by molar-refractivity contribution is -0.121. The lowest BCUT2D eigenvalue weighted by atomic mass is 10.0. The summed E-state index contributed by atoms with van der Waals surface area (Å²) < 4.78 is 25.6. The summed E-state index contributed by atoms with van der Waals surface area (Å²) in [6.07, 6.45) is 2.10. The highest BCUT2D eigenvalue weighted by atomic mass is 19.2. The Morgan fingerprint density at radius 1 is 1.32 bits per heavy atom. The first kappa shape index (κ1) is 15.6.